The van der Waals surface area contributed by atoms with Crippen molar-refractivity contribution in [2.45, 2.75) is 38.3 Å². The highest BCUT2D eigenvalue weighted by Crippen LogP contribution is 2.38. The number of piperidine rings is 1. The van der Waals surface area contributed by atoms with Crippen molar-refractivity contribution < 1.29 is 9.53 Å². The molecular weight excluding hydrogens is 154 g/mol. The lowest BCUT2D eigenvalue weighted by molar-refractivity contribution is -0.137. The summed E-state index contributed by atoms with van der Waals surface area (Å²) in [5.41, 5.74) is -0.0253. The average Bonchev–Trinajstić information content (AvgIpc) is 2.68. The number of carbonyl (C=O) groups is 1. The Kier molecular flexibility index (Phi) is 1.65. The molecule has 12 heavy (non-hydrogen) atoms. The second-order valence-corrected chi connectivity index (χ2v) is 4.08. The summed E-state index contributed by atoms with van der Waals surface area (Å²) in [5.74, 6) is 0.258. The summed E-state index contributed by atoms with van der Waals surface area (Å²) in [5, 5.41) is 0. The van der Waals surface area contributed by atoms with Crippen molar-refractivity contribution in [2.75, 3.05) is 13.2 Å². The van der Waals surface area contributed by atoms with Crippen molar-refractivity contribution in [3.05, 3.63) is 0 Å². The molecule has 0 aromatic rings. The molecule has 1 spiro atoms. The number of rotatable bonds is 1. The van der Waals surface area contributed by atoms with Crippen LogP contribution in [0.25, 0.3) is 0 Å². The van der Waals surface area contributed by atoms with Crippen molar-refractivity contribution >= 4 is 5.91 Å². The molecule has 0 N–H and O–H groups in total. The van der Waals surface area contributed by atoms with E-state index >= 15 is 0 Å². The van der Waals surface area contributed by atoms with Crippen LogP contribution in [0.15, 0.2) is 0 Å². The molecule has 1 atom stereocenters. The molecule has 3 heteroatoms. The number of carbonyl (C=O) groups excluding carboxylic acids is 1. The largest absolute Gasteiger partial charge is 0.369 e. The van der Waals surface area contributed by atoms with Crippen molar-refractivity contribution in [3.63, 3.8) is 0 Å². The van der Waals surface area contributed by atoms with Gasteiger partial charge in [-0.25, -0.2) is 0 Å². The highest BCUT2D eigenvalue weighted by Gasteiger charge is 2.50. The first kappa shape index (κ1) is 8.05. The highest BCUT2D eigenvalue weighted by atomic mass is 16.6. The molecule has 0 aliphatic carbocycles. The van der Waals surface area contributed by atoms with Crippen LogP contribution in [0.1, 0.15) is 26.7 Å². The molecule has 2 aliphatic heterocycles. The van der Waals surface area contributed by atoms with Crippen molar-refractivity contribution in [3.8, 4) is 0 Å². The SMILES string of the molecule is CC(C)N1CCC2(CO2)CC1=O. The van der Waals surface area contributed by atoms with E-state index in [1.165, 1.54) is 0 Å². The molecule has 1 amide bonds. The Balaban J connectivity index is 2.00. The Hall–Kier alpha value is -0.570. The van der Waals surface area contributed by atoms with Gasteiger partial charge < -0.3 is 9.64 Å². The van der Waals surface area contributed by atoms with E-state index in [1.807, 2.05) is 4.90 Å². The molecule has 2 fully saturated rings. The molecule has 2 rings (SSSR count). The minimum atomic E-state index is -0.0253. The normalized spacial score (nSPS) is 34.9. The third-order valence-electron chi connectivity index (χ3n) is 2.78. The van der Waals surface area contributed by atoms with Crippen molar-refractivity contribution in [1.29, 1.82) is 0 Å². The molecule has 0 radical (unpaired) electrons. The van der Waals surface area contributed by atoms with Crippen LogP contribution in [0.3, 0.4) is 0 Å². The minimum Gasteiger partial charge on any atom is -0.369 e. The smallest absolute Gasteiger partial charge is 0.225 e. The van der Waals surface area contributed by atoms with Gasteiger partial charge in [0.1, 0.15) is 5.60 Å². The summed E-state index contributed by atoms with van der Waals surface area (Å²) in [6.07, 6.45) is 1.63. The zero-order valence-electron chi connectivity index (χ0n) is 7.67. The highest BCUT2D eigenvalue weighted by molar-refractivity contribution is 5.79. The van der Waals surface area contributed by atoms with E-state index in [-0.39, 0.29) is 11.5 Å². The fraction of sp³-hybridized carbons (Fsp3) is 0.889. The van der Waals surface area contributed by atoms with E-state index in [1.54, 1.807) is 0 Å². The fourth-order valence-electron chi connectivity index (χ4n) is 1.81. The number of nitrogens with zero attached hydrogens (tertiary/aromatic N) is 1. The van der Waals surface area contributed by atoms with Crippen molar-refractivity contribution in [2.24, 2.45) is 0 Å². The molecule has 2 heterocycles. The van der Waals surface area contributed by atoms with Gasteiger partial charge in [-0.2, -0.15) is 0 Å². The van der Waals surface area contributed by atoms with Gasteiger partial charge in [0.2, 0.25) is 5.91 Å². The van der Waals surface area contributed by atoms with Crippen LogP contribution in [0.2, 0.25) is 0 Å². The topological polar surface area (TPSA) is 32.8 Å². The maximum Gasteiger partial charge on any atom is 0.225 e. The number of epoxide rings is 1. The summed E-state index contributed by atoms with van der Waals surface area (Å²) in [7, 11) is 0. The molecule has 68 valence electrons. The maximum atomic E-state index is 11.5. The van der Waals surface area contributed by atoms with Crippen LogP contribution in [-0.2, 0) is 9.53 Å². The van der Waals surface area contributed by atoms with Gasteiger partial charge in [-0.3, -0.25) is 4.79 Å². The number of hydrogen-bond acceptors (Lipinski definition) is 2. The van der Waals surface area contributed by atoms with Gasteiger partial charge in [0.25, 0.3) is 0 Å². The van der Waals surface area contributed by atoms with Crippen LogP contribution in [0.5, 0.6) is 0 Å². The van der Waals surface area contributed by atoms with Gasteiger partial charge in [-0.15, -0.1) is 0 Å². The first-order valence-electron chi connectivity index (χ1n) is 4.56. The van der Waals surface area contributed by atoms with E-state index in [2.05, 4.69) is 13.8 Å². The van der Waals surface area contributed by atoms with Gasteiger partial charge in [-0.05, 0) is 20.3 Å². The average molecular weight is 169 g/mol. The third kappa shape index (κ3) is 1.22. The summed E-state index contributed by atoms with van der Waals surface area (Å²) in [6.45, 7) is 5.79. The molecular formula is C9H15NO2. The Labute approximate surface area is 72.7 Å². The zero-order chi connectivity index (χ0) is 8.77. The van der Waals surface area contributed by atoms with E-state index in [0.29, 0.717) is 12.5 Å². The minimum absolute atomic E-state index is 0.0253. The van der Waals surface area contributed by atoms with Gasteiger partial charge in [-0.1, -0.05) is 0 Å². The molecule has 0 aromatic carbocycles. The zero-order valence-corrected chi connectivity index (χ0v) is 7.67. The number of ether oxygens (including phenoxy) is 1. The van der Waals surface area contributed by atoms with E-state index in [4.69, 9.17) is 4.74 Å². The fourth-order valence-corrected chi connectivity index (χ4v) is 1.81. The lowest BCUT2D eigenvalue weighted by Crippen LogP contribution is -2.45. The van der Waals surface area contributed by atoms with E-state index in [9.17, 15) is 4.79 Å². The Bertz CT molecular complexity index is 209. The summed E-state index contributed by atoms with van der Waals surface area (Å²) in [4.78, 5) is 13.5. The predicted octanol–water partition coefficient (Wildman–Crippen LogP) is 0.786. The number of amides is 1. The van der Waals surface area contributed by atoms with Crippen LogP contribution >= 0.6 is 0 Å². The van der Waals surface area contributed by atoms with Gasteiger partial charge >= 0.3 is 0 Å². The second kappa shape index (κ2) is 2.46. The van der Waals surface area contributed by atoms with E-state index < -0.39 is 0 Å². The van der Waals surface area contributed by atoms with E-state index in [0.717, 1.165) is 19.6 Å². The molecule has 3 nitrogen and oxygen atoms in total. The molecule has 0 saturated carbocycles. The van der Waals surface area contributed by atoms with Crippen LogP contribution in [-0.4, -0.2) is 35.6 Å². The van der Waals surface area contributed by atoms with Gasteiger partial charge in [0.05, 0.1) is 13.0 Å². The third-order valence-corrected chi connectivity index (χ3v) is 2.78. The second-order valence-electron chi connectivity index (χ2n) is 4.08. The molecule has 0 aromatic heterocycles. The van der Waals surface area contributed by atoms with Crippen molar-refractivity contribution in [1.82, 2.24) is 4.90 Å². The summed E-state index contributed by atoms with van der Waals surface area (Å²) >= 11 is 0. The van der Waals surface area contributed by atoms with Crippen LogP contribution in [0, 0.1) is 0 Å². The monoisotopic (exact) mass is 169 g/mol. The number of likely N-dealkylation sites (tertiary alicyclic amines) is 1. The maximum absolute atomic E-state index is 11.5. The Morgan fingerprint density at radius 1 is 1.58 bits per heavy atom. The number of hydrogen-bond donors (Lipinski definition) is 0. The summed E-state index contributed by atoms with van der Waals surface area (Å²) < 4.78 is 5.29. The lowest BCUT2D eigenvalue weighted by Gasteiger charge is -2.33. The molecule has 1 unspecified atom stereocenters. The van der Waals surface area contributed by atoms with Crippen LogP contribution in [0.4, 0.5) is 0 Å². The molecule has 2 saturated heterocycles. The van der Waals surface area contributed by atoms with Crippen LogP contribution < -0.4 is 0 Å². The lowest BCUT2D eigenvalue weighted by atomic mass is 9.96. The Morgan fingerprint density at radius 2 is 2.25 bits per heavy atom. The standard InChI is InChI=1S/C9H15NO2/c1-7(2)10-4-3-9(6-12-9)5-8(10)11/h7H,3-6H2,1-2H3. The molecule has 2 aliphatic rings. The Morgan fingerprint density at radius 3 is 2.67 bits per heavy atom. The first-order valence-corrected chi connectivity index (χ1v) is 4.56. The molecule has 0 bridgehead atoms. The first-order chi connectivity index (χ1) is 5.63. The predicted molar refractivity (Wildman–Crippen MR) is 44.8 cm³/mol. The quantitative estimate of drug-likeness (QED) is 0.543. The van der Waals surface area contributed by atoms with Gasteiger partial charge in [0.15, 0.2) is 0 Å². The van der Waals surface area contributed by atoms with Gasteiger partial charge in [0, 0.05) is 12.6 Å². The summed E-state index contributed by atoms with van der Waals surface area (Å²) in [6, 6.07) is 0.341.